The molecule has 1 heterocycles. The number of carbonyl (C=O) groups is 2. The average molecular weight is 411 g/mol. The summed E-state index contributed by atoms with van der Waals surface area (Å²) in [5, 5.41) is 14.3. The highest BCUT2D eigenvalue weighted by atomic mass is 32.2. The molecule has 7 nitrogen and oxygen atoms in total. The first-order valence-electron chi connectivity index (χ1n) is 8.16. The van der Waals surface area contributed by atoms with Crippen molar-refractivity contribution in [2.45, 2.75) is 18.9 Å². The van der Waals surface area contributed by atoms with Crippen LogP contribution in [-0.4, -0.2) is 54.2 Å². The number of carboxylic acid groups (broad SMARTS) is 1. The number of aliphatic carboxylic acids is 1. The minimum atomic E-state index is -1.03. The summed E-state index contributed by atoms with van der Waals surface area (Å²) >= 11 is 2.95. The van der Waals surface area contributed by atoms with E-state index in [0.717, 1.165) is 10.6 Å². The molecule has 0 saturated carbocycles. The zero-order valence-corrected chi connectivity index (χ0v) is 17.0. The van der Waals surface area contributed by atoms with Crippen molar-refractivity contribution in [3.8, 4) is 22.1 Å². The van der Waals surface area contributed by atoms with Crippen LogP contribution < -0.4 is 14.8 Å². The highest BCUT2D eigenvalue weighted by Gasteiger charge is 2.20. The Kier molecular flexibility index (Phi) is 7.93. The molecule has 1 atom stereocenters. The summed E-state index contributed by atoms with van der Waals surface area (Å²) in [6, 6.07) is 4.61. The Morgan fingerprint density at radius 2 is 2.04 bits per heavy atom. The van der Waals surface area contributed by atoms with E-state index >= 15 is 0 Å². The molecule has 9 heteroatoms. The van der Waals surface area contributed by atoms with Crippen molar-refractivity contribution in [2.24, 2.45) is 0 Å². The van der Waals surface area contributed by atoms with Gasteiger partial charge in [0.2, 0.25) is 5.91 Å². The van der Waals surface area contributed by atoms with Gasteiger partial charge in [0.1, 0.15) is 11.0 Å². The Bertz CT molecular complexity index is 794. The number of thioether (sulfide) groups is 1. The standard InChI is InChI=1S/C18H22N2O5S2/c1-24-14-5-4-11(8-15(14)25-2)17-19-12(10-27-17)9-16(21)20-13(18(22)23)6-7-26-3/h4-5,8,10,13H,6-7,9H2,1-3H3,(H,20,21)(H,22,23)/t13-/m0/s1. The molecule has 0 bridgehead atoms. The number of hydrogen-bond acceptors (Lipinski definition) is 7. The molecule has 2 N–H and O–H groups in total. The van der Waals surface area contributed by atoms with Crippen LogP contribution in [0, 0.1) is 0 Å². The third kappa shape index (κ3) is 5.86. The number of amides is 1. The van der Waals surface area contributed by atoms with Crippen molar-refractivity contribution in [3.63, 3.8) is 0 Å². The minimum Gasteiger partial charge on any atom is -0.493 e. The lowest BCUT2D eigenvalue weighted by atomic mass is 10.2. The maximum atomic E-state index is 12.2. The van der Waals surface area contributed by atoms with Gasteiger partial charge in [-0.25, -0.2) is 9.78 Å². The SMILES string of the molecule is COc1ccc(-c2nc(CC(=O)N[C@@H](CCSC)C(=O)O)cs2)cc1OC. The fraction of sp³-hybridized carbons (Fsp3) is 0.389. The Balaban J connectivity index is 2.05. The number of hydrogen-bond donors (Lipinski definition) is 2. The van der Waals surface area contributed by atoms with E-state index in [9.17, 15) is 14.7 Å². The first-order valence-corrected chi connectivity index (χ1v) is 10.4. The zero-order chi connectivity index (χ0) is 19.8. The smallest absolute Gasteiger partial charge is 0.326 e. The van der Waals surface area contributed by atoms with Crippen LogP contribution in [0.1, 0.15) is 12.1 Å². The number of rotatable bonds is 10. The molecule has 0 fully saturated rings. The molecule has 0 radical (unpaired) electrons. The third-order valence-corrected chi connectivity index (χ3v) is 5.35. The van der Waals surface area contributed by atoms with E-state index in [2.05, 4.69) is 10.3 Å². The van der Waals surface area contributed by atoms with Gasteiger partial charge in [-0.15, -0.1) is 11.3 Å². The lowest BCUT2D eigenvalue weighted by molar-refractivity contribution is -0.141. The Labute approximate surface area is 166 Å². The van der Waals surface area contributed by atoms with E-state index in [4.69, 9.17) is 9.47 Å². The summed E-state index contributed by atoms with van der Waals surface area (Å²) in [7, 11) is 3.14. The summed E-state index contributed by atoms with van der Waals surface area (Å²) in [5.41, 5.74) is 1.45. The maximum Gasteiger partial charge on any atom is 0.326 e. The van der Waals surface area contributed by atoms with Gasteiger partial charge in [0, 0.05) is 10.9 Å². The van der Waals surface area contributed by atoms with E-state index < -0.39 is 12.0 Å². The second kappa shape index (κ2) is 10.2. The zero-order valence-electron chi connectivity index (χ0n) is 15.4. The molecule has 0 aliphatic carbocycles. The van der Waals surface area contributed by atoms with E-state index in [1.165, 1.54) is 11.3 Å². The van der Waals surface area contributed by atoms with Crippen LogP contribution in [0.2, 0.25) is 0 Å². The molecule has 2 aromatic rings. The monoisotopic (exact) mass is 410 g/mol. The van der Waals surface area contributed by atoms with Crippen LogP contribution in [0.25, 0.3) is 10.6 Å². The van der Waals surface area contributed by atoms with Crippen molar-refractivity contribution in [2.75, 3.05) is 26.2 Å². The van der Waals surface area contributed by atoms with Gasteiger partial charge in [-0.1, -0.05) is 0 Å². The largest absolute Gasteiger partial charge is 0.493 e. The predicted molar refractivity (Wildman–Crippen MR) is 107 cm³/mol. The lowest BCUT2D eigenvalue weighted by Gasteiger charge is -2.13. The summed E-state index contributed by atoms with van der Waals surface area (Å²) in [6.45, 7) is 0. The van der Waals surface area contributed by atoms with Crippen LogP contribution >= 0.6 is 23.1 Å². The molecule has 146 valence electrons. The van der Waals surface area contributed by atoms with E-state index in [1.807, 2.05) is 18.4 Å². The van der Waals surface area contributed by atoms with Gasteiger partial charge in [0.05, 0.1) is 26.3 Å². The first-order chi connectivity index (χ1) is 13.0. The fourth-order valence-electron chi connectivity index (χ4n) is 2.39. The van der Waals surface area contributed by atoms with Crippen LogP contribution in [0.3, 0.4) is 0 Å². The van der Waals surface area contributed by atoms with Crippen molar-refractivity contribution in [3.05, 3.63) is 29.3 Å². The quantitative estimate of drug-likeness (QED) is 0.621. The second-order valence-electron chi connectivity index (χ2n) is 5.63. The molecule has 0 aliphatic rings. The molecule has 1 amide bonds. The van der Waals surface area contributed by atoms with Crippen molar-refractivity contribution >= 4 is 35.0 Å². The van der Waals surface area contributed by atoms with Gasteiger partial charge in [-0.3, -0.25) is 4.79 Å². The van der Waals surface area contributed by atoms with Crippen molar-refractivity contribution in [1.29, 1.82) is 0 Å². The number of thiazole rings is 1. The van der Waals surface area contributed by atoms with Crippen LogP contribution in [0.4, 0.5) is 0 Å². The number of nitrogens with zero attached hydrogens (tertiary/aromatic N) is 1. The number of carboxylic acids is 1. The number of nitrogens with one attached hydrogen (secondary N) is 1. The van der Waals surface area contributed by atoms with E-state index in [0.29, 0.717) is 29.4 Å². The molecule has 27 heavy (non-hydrogen) atoms. The summed E-state index contributed by atoms with van der Waals surface area (Å²) in [4.78, 5) is 27.9. The van der Waals surface area contributed by atoms with Gasteiger partial charge in [-0.2, -0.15) is 11.8 Å². The number of ether oxygens (including phenoxy) is 2. The predicted octanol–water partition coefficient (Wildman–Crippen LogP) is 2.69. The molecule has 1 aromatic carbocycles. The lowest BCUT2D eigenvalue weighted by Crippen LogP contribution is -2.41. The van der Waals surface area contributed by atoms with Crippen LogP contribution in [-0.2, 0) is 16.0 Å². The van der Waals surface area contributed by atoms with Crippen molar-refractivity contribution in [1.82, 2.24) is 10.3 Å². The summed E-state index contributed by atoms with van der Waals surface area (Å²) < 4.78 is 10.5. The highest BCUT2D eigenvalue weighted by molar-refractivity contribution is 7.98. The van der Waals surface area contributed by atoms with Gasteiger partial charge in [0.25, 0.3) is 0 Å². The fourth-order valence-corrected chi connectivity index (χ4v) is 3.68. The Hall–Kier alpha value is -2.26. The average Bonchev–Trinajstić information content (AvgIpc) is 3.12. The molecule has 0 spiro atoms. The second-order valence-corrected chi connectivity index (χ2v) is 7.47. The van der Waals surface area contributed by atoms with Gasteiger partial charge in [0.15, 0.2) is 11.5 Å². The minimum absolute atomic E-state index is 0.0346. The number of carbonyl (C=O) groups excluding carboxylic acids is 1. The van der Waals surface area contributed by atoms with Gasteiger partial charge in [-0.05, 0) is 36.6 Å². The number of aromatic nitrogens is 1. The van der Waals surface area contributed by atoms with E-state index in [1.54, 1.807) is 37.4 Å². The van der Waals surface area contributed by atoms with Crippen molar-refractivity contribution < 1.29 is 24.2 Å². The molecule has 0 saturated heterocycles. The third-order valence-electron chi connectivity index (χ3n) is 3.77. The topological polar surface area (TPSA) is 97.8 Å². The number of benzene rings is 1. The first kappa shape index (κ1) is 21.0. The van der Waals surface area contributed by atoms with Gasteiger partial charge < -0.3 is 19.9 Å². The molecular formula is C18H22N2O5S2. The molecule has 0 unspecified atom stereocenters. The molecule has 1 aromatic heterocycles. The summed E-state index contributed by atoms with van der Waals surface area (Å²) in [6.07, 6.45) is 2.31. The Morgan fingerprint density at radius 1 is 1.30 bits per heavy atom. The normalized spacial score (nSPS) is 11.7. The Morgan fingerprint density at radius 3 is 2.67 bits per heavy atom. The molecule has 2 rings (SSSR count). The molecule has 0 aliphatic heterocycles. The van der Waals surface area contributed by atoms with Crippen LogP contribution in [0.5, 0.6) is 11.5 Å². The highest BCUT2D eigenvalue weighted by Crippen LogP contribution is 2.33. The van der Waals surface area contributed by atoms with E-state index in [-0.39, 0.29) is 12.3 Å². The maximum absolute atomic E-state index is 12.2. The summed E-state index contributed by atoms with van der Waals surface area (Å²) in [5.74, 6) is 0.511. The number of methoxy groups -OCH3 is 2. The van der Waals surface area contributed by atoms with Gasteiger partial charge >= 0.3 is 5.97 Å². The molecular weight excluding hydrogens is 388 g/mol. The van der Waals surface area contributed by atoms with Crippen LogP contribution in [0.15, 0.2) is 23.6 Å².